The molecule has 1 aromatic heterocycles. The average Bonchev–Trinajstić information content (AvgIpc) is 3.73. The summed E-state index contributed by atoms with van der Waals surface area (Å²) in [5, 5.41) is 12.5. The van der Waals surface area contributed by atoms with Gasteiger partial charge in [0.1, 0.15) is 0 Å². The highest BCUT2D eigenvalue weighted by molar-refractivity contribution is 7.99. The molecule has 0 aliphatic carbocycles. The first-order chi connectivity index (χ1) is 21.3. The monoisotopic (exact) mass is 650 g/mol. The van der Waals surface area contributed by atoms with Gasteiger partial charge in [0, 0.05) is 35.9 Å². The Morgan fingerprint density at radius 1 is 0.909 bits per heavy atom. The fourth-order valence-electron chi connectivity index (χ4n) is 5.50. The maximum absolute atomic E-state index is 13.3. The molecule has 0 saturated carbocycles. The summed E-state index contributed by atoms with van der Waals surface area (Å²) in [7, 11) is -3.57. The highest BCUT2D eigenvalue weighted by Crippen LogP contribution is 2.29. The van der Waals surface area contributed by atoms with Crippen LogP contribution in [0.5, 0.6) is 0 Å². The van der Waals surface area contributed by atoms with E-state index in [2.05, 4.69) is 21.6 Å². The zero-order chi connectivity index (χ0) is 30.7. The number of fused-ring (bicyclic) bond motifs is 1. The SMILES string of the molecule is O=C(NCc1nnc(SCC(=O)N2CCCc3ccccc32)n1-c1cccc(Cl)c1)c1ccc(S(=O)(=O)N2CCCC2)cc1. The van der Waals surface area contributed by atoms with Crippen molar-refractivity contribution in [2.45, 2.75) is 42.3 Å². The first-order valence-corrected chi connectivity index (χ1v) is 17.2. The molecular weight excluding hydrogens is 620 g/mol. The van der Waals surface area contributed by atoms with Crippen LogP contribution in [0.3, 0.4) is 0 Å². The number of nitrogens with zero attached hydrogens (tertiary/aromatic N) is 5. The Morgan fingerprint density at radius 3 is 2.45 bits per heavy atom. The van der Waals surface area contributed by atoms with Gasteiger partial charge in [-0.25, -0.2) is 8.42 Å². The van der Waals surface area contributed by atoms with Gasteiger partial charge in [-0.1, -0.05) is 47.6 Å². The Kier molecular flexibility index (Phi) is 9.03. The number of nitrogens with one attached hydrogen (secondary N) is 1. The van der Waals surface area contributed by atoms with Crippen molar-refractivity contribution >= 4 is 50.9 Å². The third kappa shape index (κ3) is 6.39. The van der Waals surface area contributed by atoms with Crippen LogP contribution in [0.4, 0.5) is 5.69 Å². The van der Waals surface area contributed by atoms with Crippen LogP contribution >= 0.6 is 23.4 Å². The number of hydrogen-bond acceptors (Lipinski definition) is 7. The van der Waals surface area contributed by atoms with E-state index in [0.29, 0.717) is 46.9 Å². The summed E-state index contributed by atoms with van der Waals surface area (Å²) < 4.78 is 28.9. The fraction of sp³-hybridized carbons (Fsp3) is 0.290. The second-order valence-corrected chi connectivity index (χ2v) is 13.9. The number of rotatable bonds is 9. The lowest BCUT2D eigenvalue weighted by atomic mass is 10.0. The van der Waals surface area contributed by atoms with Crippen LogP contribution in [0, 0.1) is 0 Å². The van der Waals surface area contributed by atoms with Crippen molar-refractivity contribution in [3.05, 3.63) is 94.8 Å². The molecule has 228 valence electrons. The predicted octanol–water partition coefficient (Wildman–Crippen LogP) is 4.71. The lowest BCUT2D eigenvalue weighted by Crippen LogP contribution is -2.36. The number of halogens is 1. The molecule has 4 aromatic rings. The number of carbonyl (C=O) groups is 2. The molecule has 13 heteroatoms. The molecule has 0 bridgehead atoms. The quantitative estimate of drug-likeness (QED) is 0.261. The van der Waals surface area contributed by atoms with Gasteiger partial charge in [-0.2, -0.15) is 4.31 Å². The van der Waals surface area contributed by atoms with Crippen molar-refractivity contribution < 1.29 is 18.0 Å². The zero-order valence-electron chi connectivity index (χ0n) is 23.9. The van der Waals surface area contributed by atoms with Crippen molar-refractivity contribution in [3.8, 4) is 5.69 Å². The summed E-state index contributed by atoms with van der Waals surface area (Å²) in [6.07, 6.45) is 3.56. The van der Waals surface area contributed by atoms with E-state index in [-0.39, 0.29) is 29.0 Å². The summed E-state index contributed by atoms with van der Waals surface area (Å²) in [4.78, 5) is 28.3. The topological polar surface area (TPSA) is 117 Å². The van der Waals surface area contributed by atoms with Crippen molar-refractivity contribution in [2.24, 2.45) is 0 Å². The van der Waals surface area contributed by atoms with E-state index in [1.54, 1.807) is 16.7 Å². The standard InChI is InChI=1S/C31H31ClN6O4S2/c32-24-9-5-10-25(19-24)38-28(20-33-30(40)23-12-14-26(15-13-23)44(41,42)36-16-3-4-17-36)34-35-31(38)43-21-29(39)37-18-6-8-22-7-1-2-11-27(22)37/h1-2,5,7,9-15,19H,3-4,6,8,16-18,20-21H2,(H,33,40). The molecule has 0 spiro atoms. The summed E-state index contributed by atoms with van der Waals surface area (Å²) in [6.45, 7) is 1.73. The van der Waals surface area contributed by atoms with Gasteiger partial charge in [0.25, 0.3) is 5.91 Å². The van der Waals surface area contributed by atoms with E-state index >= 15 is 0 Å². The summed E-state index contributed by atoms with van der Waals surface area (Å²) in [6, 6.07) is 21.1. The highest BCUT2D eigenvalue weighted by Gasteiger charge is 2.27. The van der Waals surface area contributed by atoms with Gasteiger partial charge < -0.3 is 10.2 Å². The molecule has 1 fully saturated rings. The van der Waals surface area contributed by atoms with Gasteiger partial charge in [0.15, 0.2) is 11.0 Å². The third-order valence-corrected chi connectivity index (χ3v) is 10.8. The Bertz CT molecular complexity index is 1790. The number of amides is 2. The molecule has 6 rings (SSSR count). The minimum absolute atomic E-state index is 0.0205. The molecule has 3 aromatic carbocycles. The largest absolute Gasteiger partial charge is 0.345 e. The lowest BCUT2D eigenvalue weighted by molar-refractivity contribution is -0.116. The first kappa shape index (κ1) is 30.3. The normalized spacial score (nSPS) is 15.2. The molecule has 1 N–H and O–H groups in total. The lowest BCUT2D eigenvalue weighted by Gasteiger charge is -2.29. The van der Waals surface area contributed by atoms with E-state index in [1.807, 2.05) is 35.2 Å². The second-order valence-electron chi connectivity index (χ2n) is 10.6. The first-order valence-electron chi connectivity index (χ1n) is 14.4. The number of sulfonamides is 1. The molecule has 2 aliphatic heterocycles. The molecule has 44 heavy (non-hydrogen) atoms. The maximum atomic E-state index is 13.3. The highest BCUT2D eigenvalue weighted by atomic mass is 35.5. The Labute approximate surface area is 265 Å². The van der Waals surface area contributed by atoms with Crippen molar-refractivity contribution in [2.75, 3.05) is 30.3 Å². The van der Waals surface area contributed by atoms with E-state index in [1.165, 1.54) is 45.9 Å². The molecule has 0 unspecified atom stereocenters. The number of thioether (sulfide) groups is 1. The van der Waals surface area contributed by atoms with E-state index in [9.17, 15) is 18.0 Å². The Hall–Kier alpha value is -3.71. The smallest absolute Gasteiger partial charge is 0.251 e. The van der Waals surface area contributed by atoms with Crippen molar-refractivity contribution in [1.82, 2.24) is 24.4 Å². The van der Waals surface area contributed by atoms with E-state index < -0.39 is 10.0 Å². The number of aromatic nitrogens is 3. The van der Waals surface area contributed by atoms with Gasteiger partial charge >= 0.3 is 0 Å². The molecule has 10 nitrogen and oxygen atoms in total. The van der Waals surface area contributed by atoms with Crippen LogP contribution in [-0.2, 0) is 27.8 Å². The molecule has 2 amide bonds. The number of anilines is 1. The molecule has 1 saturated heterocycles. The Morgan fingerprint density at radius 2 is 1.68 bits per heavy atom. The number of benzene rings is 3. The maximum Gasteiger partial charge on any atom is 0.251 e. The van der Waals surface area contributed by atoms with Gasteiger partial charge in [-0.05, 0) is 79.8 Å². The van der Waals surface area contributed by atoms with Gasteiger partial charge in [0.05, 0.1) is 22.9 Å². The van der Waals surface area contributed by atoms with E-state index in [0.717, 1.165) is 31.4 Å². The summed E-state index contributed by atoms with van der Waals surface area (Å²) in [5.41, 5.74) is 3.13. The van der Waals surface area contributed by atoms with Gasteiger partial charge in [-0.15, -0.1) is 10.2 Å². The number of carbonyl (C=O) groups excluding carboxylic acids is 2. The van der Waals surface area contributed by atoms with E-state index in [4.69, 9.17) is 11.6 Å². The van der Waals surface area contributed by atoms with Crippen molar-refractivity contribution in [1.29, 1.82) is 0 Å². The number of para-hydroxylation sites is 1. The molecule has 3 heterocycles. The Balaban J connectivity index is 1.17. The average molecular weight is 651 g/mol. The number of hydrogen-bond donors (Lipinski definition) is 1. The van der Waals surface area contributed by atoms with Crippen LogP contribution in [0.25, 0.3) is 5.69 Å². The molecule has 0 atom stereocenters. The van der Waals surface area contributed by atoms with Crippen LogP contribution in [-0.4, -0.2) is 64.7 Å². The zero-order valence-corrected chi connectivity index (χ0v) is 26.2. The third-order valence-electron chi connectivity index (χ3n) is 7.73. The minimum Gasteiger partial charge on any atom is -0.345 e. The van der Waals surface area contributed by atoms with Crippen LogP contribution in [0.2, 0.25) is 5.02 Å². The molecular formula is C31H31ClN6O4S2. The predicted molar refractivity (Wildman–Crippen MR) is 170 cm³/mol. The minimum atomic E-state index is -3.57. The number of aryl methyl sites for hydroxylation is 1. The van der Waals surface area contributed by atoms with Gasteiger partial charge in [-0.3, -0.25) is 14.2 Å². The van der Waals surface area contributed by atoms with Crippen LogP contribution < -0.4 is 10.2 Å². The fourth-order valence-corrected chi connectivity index (χ4v) is 8.05. The molecule has 0 radical (unpaired) electrons. The van der Waals surface area contributed by atoms with Crippen LogP contribution in [0.1, 0.15) is 41.0 Å². The van der Waals surface area contributed by atoms with Crippen molar-refractivity contribution in [3.63, 3.8) is 0 Å². The molecule has 2 aliphatic rings. The summed E-state index contributed by atoms with van der Waals surface area (Å²) in [5.74, 6) is 0.204. The van der Waals surface area contributed by atoms with Gasteiger partial charge in [0.2, 0.25) is 15.9 Å². The summed E-state index contributed by atoms with van der Waals surface area (Å²) >= 11 is 7.57. The second kappa shape index (κ2) is 13.1. The van der Waals surface area contributed by atoms with Crippen LogP contribution in [0.15, 0.2) is 82.8 Å².